The van der Waals surface area contributed by atoms with Crippen molar-refractivity contribution in [3.63, 3.8) is 0 Å². The molecule has 1 heterocycles. The first-order chi connectivity index (χ1) is 20.7. The highest BCUT2D eigenvalue weighted by atomic mass is 35.5. The largest absolute Gasteiger partial charge is 0.467 e. The number of nitrogens with one attached hydrogen (secondary N) is 2. The molecule has 0 fully saturated rings. The Labute approximate surface area is 258 Å². The molecule has 44 heavy (non-hydrogen) atoms. The monoisotopic (exact) mass is 655 g/mol. The summed E-state index contributed by atoms with van der Waals surface area (Å²) in [4.78, 5) is 37.0. The Balaban J connectivity index is 1.44. The summed E-state index contributed by atoms with van der Waals surface area (Å²) < 4.78 is 66.4. The molecule has 2 atom stereocenters. The van der Waals surface area contributed by atoms with E-state index >= 15 is 0 Å². The van der Waals surface area contributed by atoms with Crippen molar-refractivity contribution in [1.82, 2.24) is 5.32 Å². The van der Waals surface area contributed by atoms with Crippen molar-refractivity contribution in [2.45, 2.75) is 56.6 Å². The van der Waals surface area contributed by atoms with Crippen molar-refractivity contribution in [2.75, 3.05) is 18.5 Å². The summed E-state index contributed by atoms with van der Waals surface area (Å²) in [6.45, 7) is 3.26. The van der Waals surface area contributed by atoms with Gasteiger partial charge in [0.2, 0.25) is 10.0 Å². The molecule has 0 bridgehead atoms. The molecule has 3 aromatic rings. The number of Topliss-reactive ketones (excluding diaryl/α,β-unsaturated/α-hetero) is 1. The quantitative estimate of drug-likeness (QED) is 0.113. The van der Waals surface area contributed by atoms with Crippen molar-refractivity contribution >= 4 is 45.0 Å². The summed E-state index contributed by atoms with van der Waals surface area (Å²) >= 11 is 6.08. The molecule has 0 saturated heterocycles. The van der Waals surface area contributed by atoms with Crippen LogP contribution in [0.3, 0.4) is 0 Å². The summed E-state index contributed by atoms with van der Waals surface area (Å²) in [6.07, 6.45) is 2.12. The highest BCUT2D eigenvalue weighted by Crippen LogP contribution is 2.29. The van der Waals surface area contributed by atoms with E-state index in [2.05, 4.69) is 10.6 Å². The van der Waals surface area contributed by atoms with Gasteiger partial charge in [-0.3, -0.25) is 9.59 Å². The number of furan rings is 1. The number of primary sulfonamides is 1. The number of sulfonamides is 1. The number of hydrogen-bond acceptors (Lipinski definition) is 10. The van der Waals surface area contributed by atoms with Gasteiger partial charge >= 0.3 is 11.9 Å². The van der Waals surface area contributed by atoms with Gasteiger partial charge in [0.25, 0.3) is 0 Å². The maximum absolute atomic E-state index is 13.4. The fraction of sp³-hybridized carbons (Fsp3) is 0.345. The predicted molar refractivity (Wildman–Crippen MR) is 157 cm³/mol. The first-order valence-corrected chi connectivity index (χ1v) is 15.4. The van der Waals surface area contributed by atoms with Crippen LogP contribution in [0.2, 0.25) is 5.02 Å². The molecular weight excluding hydrogens is 624 g/mol. The van der Waals surface area contributed by atoms with E-state index in [9.17, 15) is 31.6 Å². The van der Waals surface area contributed by atoms with E-state index in [4.69, 9.17) is 30.6 Å². The van der Waals surface area contributed by atoms with E-state index in [0.717, 1.165) is 18.2 Å². The molecule has 238 valence electrons. The van der Waals surface area contributed by atoms with E-state index in [-0.39, 0.29) is 48.0 Å². The van der Waals surface area contributed by atoms with E-state index in [1.54, 1.807) is 19.1 Å². The fourth-order valence-corrected chi connectivity index (χ4v) is 5.18. The standard InChI is InChI=1S/C29H32ClF2N3O8S/c1-17(35-18(2)28(37)19-10-20(31)12-21(32)11-19)16-43-27(36)7-3-4-8-42-29(38)23-13-26(44(33,39)40)24(30)14-25(23)34-15-22-6-5-9-41-22/h5-6,9-14,17-18,34-35H,3-4,7-8,15-16H2,1-2H3,(H2,33,39,40). The number of halogens is 3. The average molecular weight is 656 g/mol. The van der Waals surface area contributed by atoms with Gasteiger partial charge in [-0.15, -0.1) is 0 Å². The number of carbonyl (C=O) groups is 3. The van der Waals surface area contributed by atoms with Gasteiger partial charge in [0.05, 0.1) is 41.7 Å². The van der Waals surface area contributed by atoms with E-state index in [1.807, 2.05) is 0 Å². The molecule has 4 N–H and O–H groups in total. The summed E-state index contributed by atoms with van der Waals surface area (Å²) in [5.41, 5.74) is -0.0231. The maximum Gasteiger partial charge on any atom is 0.340 e. The molecule has 2 aromatic carbocycles. The average Bonchev–Trinajstić information content (AvgIpc) is 3.47. The smallest absolute Gasteiger partial charge is 0.340 e. The van der Waals surface area contributed by atoms with Crippen LogP contribution in [0.25, 0.3) is 0 Å². The molecule has 1 aromatic heterocycles. The molecule has 0 aliphatic heterocycles. The number of ether oxygens (including phenoxy) is 2. The van der Waals surface area contributed by atoms with Crippen LogP contribution < -0.4 is 15.8 Å². The SMILES string of the molecule is CC(COC(=O)CCCCOC(=O)c1cc(S(N)(=O)=O)c(Cl)cc1NCc1ccco1)NC(C)C(=O)c1cc(F)cc(F)c1. The van der Waals surface area contributed by atoms with Crippen molar-refractivity contribution in [2.24, 2.45) is 5.14 Å². The molecule has 11 nitrogen and oxygen atoms in total. The number of anilines is 1. The lowest BCUT2D eigenvalue weighted by molar-refractivity contribution is -0.144. The molecule has 15 heteroatoms. The molecule has 0 aliphatic carbocycles. The second-order valence-electron chi connectivity index (χ2n) is 9.89. The maximum atomic E-state index is 13.4. The van der Waals surface area contributed by atoms with Gasteiger partial charge in [0.15, 0.2) is 5.78 Å². The lowest BCUT2D eigenvalue weighted by Gasteiger charge is -2.19. The number of esters is 2. The Bertz CT molecular complexity index is 1570. The van der Waals surface area contributed by atoms with Crippen molar-refractivity contribution in [3.05, 3.63) is 82.3 Å². The van der Waals surface area contributed by atoms with Crippen LogP contribution in [0.1, 0.15) is 59.6 Å². The van der Waals surface area contributed by atoms with Gasteiger partial charge in [0.1, 0.15) is 28.9 Å². The Morgan fingerprint density at radius 1 is 1.05 bits per heavy atom. The third kappa shape index (κ3) is 10.4. The number of rotatable bonds is 16. The van der Waals surface area contributed by atoms with Crippen LogP contribution in [0.15, 0.2) is 58.0 Å². The highest BCUT2D eigenvalue weighted by Gasteiger charge is 2.22. The minimum absolute atomic E-state index is 0.0216. The van der Waals surface area contributed by atoms with E-state index in [0.29, 0.717) is 24.7 Å². The predicted octanol–water partition coefficient (Wildman–Crippen LogP) is 4.59. The van der Waals surface area contributed by atoms with Crippen LogP contribution in [0.4, 0.5) is 14.5 Å². The minimum atomic E-state index is -4.23. The zero-order valence-corrected chi connectivity index (χ0v) is 25.5. The van der Waals surface area contributed by atoms with Gasteiger partial charge in [-0.05, 0) is 63.1 Å². The van der Waals surface area contributed by atoms with Crippen LogP contribution in [0, 0.1) is 11.6 Å². The second-order valence-corrected chi connectivity index (χ2v) is 11.8. The normalized spacial score (nSPS) is 12.8. The zero-order chi connectivity index (χ0) is 32.4. The van der Waals surface area contributed by atoms with Crippen molar-refractivity contribution in [3.8, 4) is 0 Å². The number of nitrogens with two attached hydrogens (primary N) is 1. The van der Waals surface area contributed by atoms with E-state index < -0.39 is 56.4 Å². The Morgan fingerprint density at radius 2 is 1.75 bits per heavy atom. The van der Waals surface area contributed by atoms with Crippen molar-refractivity contribution in [1.29, 1.82) is 0 Å². The Morgan fingerprint density at radius 3 is 2.39 bits per heavy atom. The summed E-state index contributed by atoms with van der Waals surface area (Å²) in [7, 11) is -4.23. The first kappa shape index (κ1) is 34.6. The van der Waals surface area contributed by atoms with Gasteiger partial charge in [-0.25, -0.2) is 27.1 Å². The third-order valence-electron chi connectivity index (χ3n) is 6.21. The van der Waals surface area contributed by atoms with Gasteiger partial charge in [0, 0.05) is 24.1 Å². The van der Waals surface area contributed by atoms with Gasteiger partial charge in [-0.1, -0.05) is 11.6 Å². The van der Waals surface area contributed by atoms with E-state index in [1.165, 1.54) is 19.3 Å². The molecule has 2 unspecified atom stereocenters. The number of carbonyl (C=O) groups excluding carboxylic acids is 3. The Kier molecular flexibility index (Phi) is 12.4. The lowest BCUT2D eigenvalue weighted by atomic mass is 10.0. The molecule has 0 spiro atoms. The molecule has 0 amide bonds. The van der Waals surface area contributed by atoms with Crippen LogP contribution in [-0.2, 0) is 30.8 Å². The van der Waals surface area contributed by atoms with Crippen LogP contribution in [-0.4, -0.2) is 51.4 Å². The minimum Gasteiger partial charge on any atom is -0.467 e. The molecule has 3 rings (SSSR count). The molecule has 0 saturated carbocycles. The molecular formula is C29H32ClF2N3O8S. The summed E-state index contributed by atoms with van der Waals surface area (Å²) in [5.74, 6) is -3.04. The Hall–Kier alpha value is -3.85. The summed E-state index contributed by atoms with van der Waals surface area (Å²) in [6, 6.07) is 7.01. The van der Waals surface area contributed by atoms with Crippen LogP contribution >= 0.6 is 11.6 Å². The summed E-state index contributed by atoms with van der Waals surface area (Å²) in [5, 5.41) is 10.9. The third-order valence-corrected chi connectivity index (χ3v) is 7.58. The number of hydrogen-bond donors (Lipinski definition) is 3. The number of benzene rings is 2. The topological polar surface area (TPSA) is 167 Å². The lowest BCUT2D eigenvalue weighted by Crippen LogP contribution is -2.42. The molecule has 0 radical (unpaired) electrons. The number of unbranched alkanes of at least 4 members (excludes halogenated alkanes) is 1. The second kappa shape index (κ2) is 15.7. The van der Waals surface area contributed by atoms with Gasteiger partial charge < -0.3 is 24.5 Å². The van der Waals surface area contributed by atoms with Gasteiger partial charge in [-0.2, -0.15) is 0 Å². The fourth-order valence-electron chi connectivity index (χ4n) is 4.08. The van der Waals surface area contributed by atoms with Crippen LogP contribution in [0.5, 0.6) is 0 Å². The molecule has 0 aliphatic rings. The zero-order valence-electron chi connectivity index (χ0n) is 23.9. The highest BCUT2D eigenvalue weighted by molar-refractivity contribution is 7.89. The first-order valence-electron chi connectivity index (χ1n) is 13.5. The van der Waals surface area contributed by atoms with Crippen molar-refractivity contribution < 1.29 is 45.5 Å². The number of ketones is 1.